The van der Waals surface area contributed by atoms with Crippen LogP contribution < -0.4 is 11.1 Å². The summed E-state index contributed by atoms with van der Waals surface area (Å²) in [4.78, 5) is 5.08. The summed E-state index contributed by atoms with van der Waals surface area (Å²) in [6.07, 6.45) is 0. The molecule has 0 fully saturated rings. The Labute approximate surface area is 118 Å². The van der Waals surface area contributed by atoms with Crippen LogP contribution in [-0.2, 0) is 16.4 Å². The van der Waals surface area contributed by atoms with E-state index in [0.717, 1.165) is 4.88 Å². The lowest BCUT2D eigenvalue weighted by Gasteiger charge is -2.20. The van der Waals surface area contributed by atoms with E-state index in [1.54, 1.807) is 19.1 Å². The van der Waals surface area contributed by atoms with Crippen LogP contribution in [-0.4, -0.2) is 25.7 Å². The maximum absolute atomic E-state index is 11.7. The third-order valence-electron chi connectivity index (χ3n) is 2.23. The summed E-state index contributed by atoms with van der Waals surface area (Å²) in [5, 5.41) is 3.05. The van der Waals surface area contributed by atoms with Gasteiger partial charge in [-0.1, -0.05) is 6.92 Å². The number of nitrogens with two attached hydrogens (primary N) is 1. The molecule has 1 aromatic heterocycles. The third-order valence-corrected chi connectivity index (χ3v) is 5.62. The van der Waals surface area contributed by atoms with Gasteiger partial charge in [0.05, 0.1) is 12.3 Å². The standard InChI is InChI=1S/C12H21N3O2S2/c1-5-19(16,17)10-7-6-9(18-10)8-14-11(13)15-12(2,3)4/h6-7H,5,8H2,1-4H3,(H3,13,14,15). The van der Waals surface area contributed by atoms with Crippen LogP contribution in [0.5, 0.6) is 0 Å². The zero-order valence-electron chi connectivity index (χ0n) is 11.7. The van der Waals surface area contributed by atoms with Crippen molar-refractivity contribution >= 4 is 27.1 Å². The monoisotopic (exact) mass is 303 g/mol. The SMILES string of the molecule is CCS(=O)(=O)c1ccc(CN=C(N)NC(C)(C)C)s1. The van der Waals surface area contributed by atoms with Crippen LogP contribution in [0.25, 0.3) is 0 Å². The molecule has 0 amide bonds. The molecule has 0 saturated carbocycles. The van der Waals surface area contributed by atoms with Gasteiger partial charge in [-0.3, -0.25) is 0 Å². The lowest BCUT2D eigenvalue weighted by atomic mass is 10.1. The fourth-order valence-corrected chi connectivity index (χ4v) is 3.74. The first-order valence-electron chi connectivity index (χ1n) is 6.03. The Hall–Kier alpha value is -1.08. The Balaban J connectivity index is 2.73. The van der Waals surface area contributed by atoms with E-state index in [1.807, 2.05) is 20.8 Å². The van der Waals surface area contributed by atoms with Crippen molar-refractivity contribution in [3.8, 4) is 0 Å². The largest absolute Gasteiger partial charge is 0.370 e. The number of nitrogens with zero attached hydrogens (tertiary/aromatic N) is 1. The topological polar surface area (TPSA) is 84.5 Å². The minimum Gasteiger partial charge on any atom is -0.370 e. The van der Waals surface area contributed by atoms with Gasteiger partial charge >= 0.3 is 0 Å². The van der Waals surface area contributed by atoms with Crippen LogP contribution in [0, 0.1) is 0 Å². The average molecular weight is 303 g/mol. The quantitative estimate of drug-likeness (QED) is 0.655. The first-order valence-corrected chi connectivity index (χ1v) is 8.50. The van der Waals surface area contributed by atoms with Crippen molar-refractivity contribution in [3.05, 3.63) is 17.0 Å². The summed E-state index contributed by atoms with van der Waals surface area (Å²) < 4.78 is 23.7. The van der Waals surface area contributed by atoms with Crippen molar-refractivity contribution in [3.63, 3.8) is 0 Å². The number of aliphatic imine (C=N–C) groups is 1. The van der Waals surface area contributed by atoms with E-state index in [2.05, 4.69) is 10.3 Å². The smallest absolute Gasteiger partial charge is 0.189 e. The highest BCUT2D eigenvalue weighted by Crippen LogP contribution is 2.23. The van der Waals surface area contributed by atoms with Gasteiger partial charge in [0.2, 0.25) is 0 Å². The van der Waals surface area contributed by atoms with Crippen molar-refractivity contribution in [1.82, 2.24) is 5.32 Å². The van der Waals surface area contributed by atoms with Gasteiger partial charge in [-0.15, -0.1) is 11.3 Å². The summed E-state index contributed by atoms with van der Waals surface area (Å²) in [5.41, 5.74) is 5.61. The van der Waals surface area contributed by atoms with E-state index in [-0.39, 0.29) is 11.3 Å². The molecule has 0 unspecified atom stereocenters. The van der Waals surface area contributed by atoms with E-state index >= 15 is 0 Å². The number of rotatable bonds is 4. The van der Waals surface area contributed by atoms with Gasteiger partial charge in [-0.2, -0.15) is 0 Å². The zero-order valence-corrected chi connectivity index (χ0v) is 13.4. The number of sulfone groups is 1. The second-order valence-corrected chi connectivity index (χ2v) is 8.87. The minimum absolute atomic E-state index is 0.115. The Bertz CT molecular complexity index is 554. The van der Waals surface area contributed by atoms with Crippen molar-refractivity contribution in [2.75, 3.05) is 5.75 Å². The Morgan fingerprint density at radius 2 is 2.05 bits per heavy atom. The molecule has 1 rings (SSSR count). The molecule has 19 heavy (non-hydrogen) atoms. The van der Waals surface area contributed by atoms with E-state index in [1.165, 1.54) is 11.3 Å². The predicted octanol–water partition coefficient (Wildman–Crippen LogP) is 1.74. The fourth-order valence-electron chi connectivity index (χ4n) is 1.34. The average Bonchev–Trinajstić information content (AvgIpc) is 2.73. The molecular weight excluding hydrogens is 282 g/mol. The highest BCUT2D eigenvalue weighted by Gasteiger charge is 2.14. The lowest BCUT2D eigenvalue weighted by Crippen LogP contribution is -2.44. The van der Waals surface area contributed by atoms with Crippen LogP contribution in [0.4, 0.5) is 0 Å². The predicted molar refractivity (Wildman–Crippen MR) is 80.3 cm³/mol. The van der Waals surface area contributed by atoms with E-state index in [9.17, 15) is 8.42 Å². The van der Waals surface area contributed by atoms with Crippen LogP contribution in [0.3, 0.4) is 0 Å². The molecule has 0 aromatic carbocycles. The molecular formula is C12H21N3O2S2. The molecule has 1 aromatic rings. The number of hydrogen-bond donors (Lipinski definition) is 2. The molecule has 0 atom stereocenters. The maximum Gasteiger partial charge on any atom is 0.189 e. The summed E-state index contributed by atoms with van der Waals surface area (Å²) >= 11 is 1.25. The van der Waals surface area contributed by atoms with E-state index in [4.69, 9.17) is 5.73 Å². The summed E-state index contributed by atoms with van der Waals surface area (Å²) in [6, 6.07) is 3.41. The molecule has 3 N–H and O–H groups in total. The number of thiophene rings is 1. The van der Waals surface area contributed by atoms with E-state index < -0.39 is 9.84 Å². The molecule has 0 spiro atoms. The van der Waals surface area contributed by atoms with Crippen LogP contribution >= 0.6 is 11.3 Å². The van der Waals surface area contributed by atoms with Crippen molar-refractivity contribution in [2.24, 2.45) is 10.7 Å². The van der Waals surface area contributed by atoms with Gasteiger partial charge < -0.3 is 11.1 Å². The van der Waals surface area contributed by atoms with Crippen LogP contribution in [0.1, 0.15) is 32.6 Å². The lowest BCUT2D eigenvalue weighted by molar-refractivity contribution is 0.508. The number of hydrogen-bond acceptors (Lipinski definition) is 4. The summed E-state index contributed by atoms with van der Waals surface area (Å²) in [6.45, 7) is 8.00. The van der Waals surface area contributed by atoms with Gasteiger partial charge in [0, 0.05) is 10.4 Å². The summed E-state index contributed by atoms with van der Waals surface area (Å²) in [7, 11) is -3.12. The van der Waals surface area contributed by atoms with Crippen molar-refractivity contribution in [1.29, 1.82) is 0 Å². The molecule has 5 nitrogen and oxygen atoms in total. The Morgan fingerprint density at radius 3 is 2.58 bits per heavy atom. The second kappa shape index (κ2) is 5.92. The minimum atomic E-state index is -3.12. The van der Waals surface area contributed by atoms with E-state index in [0.29, 0.717) is 16.7 Å². The van der Waals surface area contributed by atoms with Crippen LogP contribution in [0.15, 0.2) is 21.3 Å². The Kier molecular flexibility index (Phi) is 4.98. The molecule has 0 aliphatic heterocycles. The van der Waals surface area contributed by atoms with Crippen molar-refractivity contribution < 1.29 is 8.42 Å². The fraction of sp³-hybridized carbons (Fsp3) is 0.583. The highest BCUT2D eigenvalue weighted by atomic mass is 32.2. The van der Waals surface area contributed by atoms with Gasteiger partial charge in [0.25, 0.3) is 0 Å². The first kappa shape index (κ1) is 16.0. The van der Waals surface area contributed by atoms with Gasteiger partial charge in [0.1, 0.15) is 4.21 Å². The zero-order chi connectivity index (χ0) is 14.7. The molecule has 1 heterocycles. The number of nitrogens with one attached hydrogen (secondary N) is 1. The molecule has 0 bridgehead atoms. The second-order valence-electron chi connectivity index (χ2n) is 5.20. The highest BCUT2D eigenvalue weighted by molar-refractivity contribution is 7.93. The summed E-state index contributed by atoms with van der Waals surface area (Å²) in [5.74, 6) is 0.477. The molecule has 108 valence electrons. The van der Waals surface area contributed by atoms with Gasteiger partial charge in [-0.05, 0) is 32.9 Å². The molecule has 7 heteroatoms. The van der Waals surface area contributed by atoms with Crippen molar-refractivity contribution in [2.45, 2.75) is 44.0 Å². The number of guanidine groups is 1. The van der Waals surface area contributed by atoms with Gasteiger partial charge in [0.15, 0.2) is 15.8 Å². The maximum atomic E-state index is 11.7. The van der Waals surface area contributed by atoms with Gasteiger partial charge in [-0.25, -0.2) is 13.4 Å². The first-order chi connectivity index (χ1) is 8.64. The molecule has 0 aliphatic rings. The molecule has 0 radical (unpaired) electrons. The molecule has 0 aliphatic carbocycles. The normalized spacial score (nSPS) is 13.6. The molecule has 0 saturated heterocycles. The third kappa shape index (κ3) is 5.20. The Morgan fingerprint density at radius 1 is 1.42 bits per heavy atom. The van der Waals surface area contributed by atoms with Crippen LogP contribution in [0.2, 0.25) is 0 Å².